The van der Waals surface area contributed by atoms with Crippen molar-refractivity contribution in [3.63, 3.8) is 0 Å². The van der Waals surface area contributed by atoms with Crippen LogP contribution in [0.2, 0.25) is 0 Å². The van der Waals surface area contributed by atoms with Crippen molar-refractivity contribution in [3.05, 3.63) is 95.4 Å². The standard InChI is InChI=1S/C23H20N4/c1-3-7-19-16(5-1)17-11-14-27-22(21(17)25-19)18-6-2-4-8-20(18)26-23(27)15-9-12-24-13-10-15/h1-10,12-13,22-23,25-26H,11,14H2/t22-,23+/m1/s1. The topological polar surface area (TPSA) is 44.0 Å². The second-order valence-electron chi connectivity index (χ2n) is 7.37. The molecular formula is C23H20N4. The second-order valence-corrected chi connectivity index (χ2v) is 7.37. The van der Waals surface area contributed by atoms with Gasteiger partial charge in [-0.25, -0.2) is 0 Å². The van der Waals surface area contributed by atoms with Crippen molar-refractivity contribution in [2.75, 3.05) is 11.9 Å². The van der Waals surface area contributed by atoms with Crippen LogP contribution >= 0.6 is 0 Å². The lowest BCUT2D eigenvalue weighted by molar-refractivity contribution is 0.151. The number of hydrogen-bond acceptors (Lipinski definition) is 3. The van der Waals surface area contributed by atoms with Crippen LogP contribution in [0.25, 0.3) is 10.9 Å². The number of aromatic nitrogens is 2. The fourth-order valence-electron chi connectivity index (χ4n) is 4.79. The molecule has 4 heterocycles. The Bertz CT molecular complexity index is 1130. The summed E-state index contributed by atoms with van der Waals surface area (Å²) in [7, 11) is 0. The Labute approximate surface area is 157 Å². The Morgan fingerprint density at radius 1 is 0.926 bits per heavy atom. The summed E-state index contributed by atoms with van der Waals surface area (Å²) in [6, 6.07) is 21.8. The van der Waals surface area contributed by atoms with Gasteiger partial charge in [0.1, 0.15) is 6.17 Å². The van der Waals surface area contributed by atoms with Gasteiger partial charge in [-0.05, 0) is 47.4 Å². The van der Waals surface area contributed by atoms with Crippen LogP contribution in [0.5, 0.6) is 0 Å². The highest BCUT2D eigenvalue weighted by Gasteiger charge is 2.40. The first kappa shape index (κ1) is 15.0. The van der Waals surface area contributed by atoms with Gasteiger partial charge in [-0.1, -0.05) is 36.4 Å². The third kappa shape index (κ3) is 2.17. The number of aromatic amines is 1. The fraction of sp³-hybridized carbons (Fsp3) is 0.174. The molecule has 2 N–H and O–H groups in total. The Hall–Kier alpha value is -3.11. The molecule has 2 atom stereocenters. The number of pyridine rings is 1. The molecule has 2 aliphatic rings. The summed E-state index contributed by atoms with van der Waals surface area (Å²) < 4.78 is 0. The van der Waals surface area contributed by atoms with Crippen LogP contribution in [0.15, 0.2) is 73.1 Å². The first-order chi connectivity index (χ1) is 13.4. The van der Waals surface area contributed by atoms with Crippen molar-refractivity contribution < 1.29 is 0 Å². The van der Waals surface area contributed by atoms with E-state index in [1.807, 2.05) is 12.4 Å². The molecular weight excluding hydrogens is 332 g/mol. The molecule has 0 fully saturated rings. The van der Waals surface area contributed by atoms with E-state index in [1.54, 1.807) is 0 Å². The molecule has 0 unspecified atom stereocenters. The molecule has 0 saturated carbocycles. The summed E-state index contributed by atoms with van der Waals surface area (Å²) in [6.07, 6.45) is 4.96. The highest BCUT2D eigenvalue weighted by atomic mass is 15.3. The second kappa shape index (κ2) is 5.69. The van der Waals surface area contributed by atoms with Gasteiger partial charge in [0.05, 0.1) is 6.04 Å². The Morgan fingerprint density at radius 2 is 1.74 bits per heavy atom. The normalized spacial score (nSPS) is 21.2. The van der Waals surface area contributed by atoms with Crippen molar-refractivity contribution in [1.29, 1.82) is 0 Å². The molecule has 4 nitrogen and oxygen atoms in total. The largest absolute Gasteiger partial charge is 0.366 e. The molecule has 0 amide bonds. The molecule has 6 rings (SSSR count). The summed E-state index contributed by atoms with van der Waals surface area (Å²) in [5, 5.41) is 5.13. The molecule has 27 heavy (non-hydrogen) atoms. The predicted molar refractivity (Wildman–Crippen MR) is 108 cm³/mol. The van der Waals surface area contributed by atoms with E-state index in [9.17, 15) is 0 Å². The highest BCUT2D eigenvalue weighted by Crippen LogP contribution is 2.47. The number of anilines is 1. The van der Waals surface area contributed by atoms with E-state index in [1.165, 1.54) is 39.0 Å². The minimum absolute atomic E-state index is 0.146. The Kier molecular flexibility index (Phi) is 3.16. The molecule has 0 bridgehead atoms. The van der Waals surface area contributed by atoms with E-state index in [0.29, 0.717) is 0 Å². The number of para-hydroxylation sites is 2. The minimum atomic E-state index is 0.146. The van der Waals surface area contributed by atoms with Crippen LogP contribution in [0.4, 0.5) is 5.69 Å². The van der Waals surface area contributed by atoms with Gasteiger partial charge in [0.25, 0.3) is 0 Å². The Balaban J connectivity index is 1.58. The average molecular weight is 352 g/mol. The third-order valence-corrected chi connectivity index (χ3v) is 5.97. The van der Waals surface area contributed by atoms with E-state index in [0.717, 1.165) is 13.0 Å². The quantitative estimate of drug-likeness (QED) is 0.525. The Morgan fingerprint density at radius 3 is 2.67 bits per heavy atom. The van der Waals surface area contributed by atoms with Gasteiger partial charge < -0.3 is 10.3 Å². The smallest absolute Gasteiger partial charge is 0.107 e. The predicted octanol–water partition coefficient (Wildman–Crippen LogP) is 4.63. The van der Waals surface area contributed by atoms with Crippen LogP contribution in [0.3, 0.4) is 0 Å². The van der Waals surface area contributed by atoms with Gasteiger partial charge in [-0.15, -0.1) is 0 Å². The third-order valence-electron chi connectivity index (χ3n) is 5.97. The van der Waals surface area contributed by atoms with Crippen LogP contribution < -0.4 is 5.32 Å². The lowest BCUT2D eigenvalue weighted by Crippen LogP contribution is -2.45. The number of nitrogens with one attached hydrogen (secondary N) is 2. The maximum Gasteiger partial charge on any atom is 0.107 e. The van der Waals surface area contributed by atoms with Gasteiger partial charge in [0.2, 0.25) is 0 Å². The van der Waals surface area contributed by atoms with Gasteiger partial charge in [0, 0.05) is 41.2 Å². The van der Waals surface area contributed by atoms with E-state index in [2.05, 4.69) is 80.8 Å². The van der Waals surface area contributed by atoms with Crippen molar-refractivity contribution >= 4 is 16.6 Å². The van der Waals surface area contributed by atoms with E-state index >= 15 is 0 Å². The highest BCUT2D eigenvalue weighted by molar-refractivity contribution is 5.85. The zero-order valence-electron chi connectivity index (χ0n) is 14.9. The fourth-order valence-corrected chi connectivity index (χ4v) is 4.79. The molecule has 0 spiro atoms. The molecule has 2 aromatic carbocycles. The molecule has 4 heteroatoms. The molecule has 4 aromatic rings. The van der Waals surface area contributed by atoms with Crippen LogP contribution in [0.1, 0.15) is 34.6 Å². The summed E-state index contributed by atoms with van der Waals surface area (Å²) in [6.45, 7) is 1.02. The monoisotopic (exact) mass is 352 g/mol. The van der Waals surface area contributed by atoms with Crippen molar-refractivity contribution in [2.45, 2.75) is 18.6 Å². The molecule has 0 saturated heterocycles. The average Bonchev–Trinajstić information content (AvgIpc) is 3.12. The van der Waals surface area contributed by atoms with Gasteiger partial charge in [0.15, 0.2) is 0 Å². The molecule has 2 aliphatic heterocycles. The van der Waals surface area contributed by atoms with Crippen molar-refractivity contribution in [2.24, 2.45) is 0 Å². The maximum atomic E-state index is 4.20. The van der Waals surface area contributed by atoms with Gasteiger partial charge >= 0.3 is 0 Å². The summed E-state index contributed by atoms with van der Waals surface area (Å²) in [5.74, 6) is 0. The lowest BCUT2D eigenvalue weighted by Gasteiger charge is -2.46. The van der Waals surface area contributed by atoms with E-state index in [4.69, 9.17) is 0 Å². The summed E-state index contributed by atoms with van der Waals surface area (Å²) in [5.41, 5.74) is 7.86. The first-order valence-corrected chi connectivity index (χ1v) is 9.51. The van der Waals surface area contributed by atoms with E-state index in [-0.39, 0.29) is 12.2 Å². The summed E-state index contributed by atoms with van der Waals surface area (Å²) >= 11 is 0. The SMILES string of the molecule is c1ccc2c(c1)N[C@H](c1ccncc1)N1CCc3c([nH]c4ccccc34)[C@@H]21. The number of nitrogens with zero attached hydrogens (tertiary/aromatic N) is 2. The number of benzene rings is 2. The molecule has 132 valence electrons. The van der Waals surface area contributed by atoms with Crippen LogP contribution in [-0.4, -0.2) is 21.4 Å². The number of rotatable bonds is 1. The number of hydrogen-bond donors (Lipinski definition) is 2. The van der Waals surface area contributed by atoms with E-state index < -0.39 is 0 Å². The number of fused-ring (bicyclic) bond motifs is 7. The lowest BCUT2D eigenvalue weighted by atomic mass is 9.88. The zero-order chi connectivity index (χ0) is 17.8. The number of H-pyrrole nitrogens is 1. The van der Waals surface area contributed by atoms with Crippen LogP contribution in [-0.2, 0) is 6.42 Å². The minimum Gasteiger partial charge on any atom is -0.366 e. The van der Waals surface area contributed by atoms with Crippen LogP contribution in [0, 0.1) is 0 Å². The van der Waals surface area contributed by atoms with Gasteiger partial charge in [-0.3, -0.25) is 9.88 Å². The van der Waals surface area contributed by atoms with Crippen molar-refractivity contribution in [3.8, 4) is 0 Å². The summed E-state index contributed by atoms with van der Waals surface area (Å²) in [4.78, 5) is 10.5. The molecule has 0 aliphatic carbocycles. The first-order valence-electron chi connectivity index (χ1n) is 9.51. The van der Waals surface area contributed by atoms with Gasteiger partial charge in [-0.2, -0.15) is 0 Å². The van der Waals surface area contributed by atoms with Crippen molar-refractivity contribution in [1.82, 2.24) is 14.9 Å². The molecule has 2 aromatic heterocycles. The molecule has 0 radical (unpaired) electrons. The maximum absolute atomic E-state index is 4.20. The zero-order valence-corrected chi connectivity index (χ0v) is 14.9.